The molecule has 1 aromatic carbocycles. The lowest BCUT2D eigenvalue weighted by molar-refractivity contribution is -0.141. The van der Waals surface area contributed by atoms with Crippen LogP contribution in [0.1, 0.15) is 35.3 Å². The Hall–Kier alpha value is -2.70. The van der Waals surface area contributed by atoms with Crippen molar-refractivity contribution in [2.24, 2.45) is 5.92 Å². The van der Waals surface area contributed by atoms with E-state index < -0.39 is 11.9 Å². The molecule has 2 aromatic rings. The summed E-state index contributed by atoms with van der Waals surface area (Å²) in [6, 6.07) is 5.79. The third kappa shape index (κ3) is 3.29. The fourth-order valence-electron chi connectivity index (χ4n) is 3.05. The van der Waals surface area contributed by atoms with Gasteiger partial charge in [0, 0.05) is 12.2 Å². The van der Waals surface area contributed by atoms with Gasteiger partial charge in [-0.15, -0.1) is 0 Å². The number of carboxylic acids is 1. The van der Waals surface area contributed by atoms with Crippen LogP contribution in [0.4, 0.5) is 4.39 Å². The lowest BCUT2D eigenvalue weighted by Crippen LogP contribution is -2.33. The molecule has 0 spiro atoms. The smallest absolute Gasteiger partial charge is 0.306 e. The van der Waals surface area contributed by atoms with Crippen LogP contribution in [0.15, 0.2) is 30.5 Å². The van der Waals surface area contributed by atoms with Crippen molar-refractivity contribution in [2.45, 2.75) is 32.2 Å². The highest BCUT2D eigenvalue weighted by Crippen LogP contribution is 2.25. The minimum atomic E-state index is -0.817. The van der Waals surface area contributed by atoms with Gasteiger partial charge in [0.05, 0.1) is 11.6 Å². The molecule has 1 saturated carbocycles. The number of carbonyl (C=O) groups is 2. The molecule has 0 radical (unpaired) electrons. The second-order valence-electron chi connectivity index (χ2n) is 6.09. The molecule has 2 atom stereocenters. The van der Waals surface area contributed by atoms with Gasteiger partial charge in [-0.2, -0.15) is 5.10 Å². The highest BCUT2D eigenvalue weighted by molar-refractivity contribution is 5.92. The van der Waals surface area contributed by atoms with Crippen molar-refractivity contribution in [1.29, 1.82) is 0 Å². The summed E-state index contributed by atoms with van der Waals surface area (Å²) < 4.78 is 14.7. The minimum absolute atomic E-state index is 0.142. The largest absolute Gasteiger partial charge is 0.481 e. The molecule has 1 aliphatic rings. The van der Waals surface area contributed by atoms with Gasteiger partial charge in [0.25, 0.3) is 5.91 Å². The van der Waals surface area contributed by atoms with Crippen LogP contribution in [-0.2, 0) is 4.79 Å². The Morgan fingerprint density at radius 2 is 2.12 bits per heavy atom. The first-order valence-electron chi connectivity index (χ1n) is 7.80. The van der Waals surface area contributed by atoms with Crippen LogP contribution in [0.5, 0.6) is 0 Å². The zero-order chi connectivity index (χ0) is 17.3. The Morgan fingerprint density at radius 3 is 2.79 bits per heavy atom. The number of nitrogens with zero attached hydrogens (tertiary/aromatic N) is 2. The van der Waals surface area contributed by atoms with Crippen molar-refractivity contribution in [3.05, 3.63) is 47.5 Å². The molecule has 1 heterocycles. The van der Waals surface area contributed by atoms with Gasteiger partial charge in [-0.3, -0.25) is 9.59 Å². The maximum absolute atomic E-state index is 13.2. The van der Waals surface area contributed by atoms with Crippen molar-refractivity contribution < 1.29 is 19.1 Å². The van der Waals surface area contributed by atoms with E-state index in [4.69, 9.17) is 5.11 Å². The van der Waals surface area contributed by atoms with Crippen molar-refractivity contribution in [2.75, 3.05) is 0 Å². The number of carbonyl (C=O) groups excluding carboxylic acids is 1. The number of amides is 1. The third-order valence-electron chi connectivity index (χ3n) is 4.34. The summed E-state index contributed by atoms with van der Waals surface area (Å²) in [4.78, 5) is 23.2. The average Bonchev–Trinajstić information content (AvgIpc) is 3.16. The van der Waals surface area contributed by atoms with Crippen molar-refractivity contribution in [3.63, 3.8) is 0 Å². The number of carboxylic acid groups (broad SMARTS) is 1. The normalized spacial score (nSPS) is 20.1. The third-order valence-corrected chi connectivity index (χ3v) is 4.34. The Bertz CT molecular complexity index is 787. The van der Waals surface area contributed by atoms with Crippen LogP contribution in [0, 0.1) is 18.7 Å². The van der Waals surface area contributed by atoms with E-state index in [0.717, 1.165) is 0 Å². The quantitative estimate of drug-likeness (QED) is 0.900. The summed E-state index contributed by atoms with van der Waals surface area (Å²) in [5.41, 5.74) is 1.66. The molecule has 2 N–H and O–H groups in total. The maximum Gasteiger partial charge on any atom is 0.306 e. The molecule has 1 fully saturated rings. The number of halogens is 1. The Labute approximate surface area is 138 Å². The van der Waals surface area contributed by atoms with E-state index in [-0.39, 0.29) is 23.5 Å². The first kappa shape index (κ1) is 16.2. The van der Waals surface area contributed by atoms with E-state index in [9.17, 15) is 14.0 Å². The molecule has 0 saturated heterocycles. The second kappa shape index (κ2) is 6.43. The fourth-order valence-corrected chi connectivity index (χ4v) is 3.05. The molecule has 1 amide bonds. The summed E-state index contributed by atoms with van der Waals surface area (Å²) in [7, 11) is 0. The number of aliphatic carboxylic acids is 1. The molecule has 24 heavy (non-hydrogen) atoms. The van der Waals surface area contributed by atoms with Gasteiger partial charge in [-0.1, -0.05) is 0 Å². The number of hydrogen-bond acceptors (Lipinski definition) is 3. The van der Waals surface area contributed by atoms with Crippen LogP contribution in [0.2, 0.25) is 0 Å². The molecule has 6 nitrogen and oxygen atoms in total. The van der Waals surface area contributed by atoms with Gasteiger partial charge in [0.2, 0.25) is 0 Å². The molecule has 7 heteroatoms. The summed E-state index contributed by atoms with van der Waals surface area (Å²) >= 11 is 0. The van der Waals surface area contributed by atoms with E-state index in [2.05, 4.69) is 10.4 Å². The second-order valence-corrected chi connectivity index (χ2v) is 6.09. The lowest BCUT2D eigenvalue weighted by atomic mass is 10.1. The van der Waals surface area contributed by atoms with Crippen molar-refractivity contribution in [3.8, 4) is 5.69 Å². The molecule has 0 unspecified atom stereocenters. The van der Waals surface area contributed by atoms with Gasteiger partial charge < -0.3 is 10.4 Å². The molecule has 126 valence electrons. The predicted molar refractivity (Wildman–Crippen MR) is 84.5 cm³/mol. The number of rotatable bonds is 4. The van der Waals surface area contributed by atoms with Crippen LogP contribution >= 0.6 is 0 Å². The van der Waals surface area contributed by atoms with Gasteiger partial charge >= 0.3 is 5.97 Å². The molecular weight excluding hydrogens is 313 g/mol. The summed E-state index contributed by atoms with van der Waals surface area (Å²) in [6.45, 7) is 1.77. The Kier molecular flexibility index (Phi) is 4.33. The van der Waals surface area contributed by atoms with Gasteiger partial charge in [-0.05, 0) is 56.0 Å². The zero-order valence-electron chi connectivity index (χ0n) is 13.2. The first-order valence-corrected chi connectivity index (χ1v) is 7.80. The van der Waals surface area contributed by atoms with Gasteiger partial charge in [0.15, 0.2) is 5.69 Å². The van der Waals surface area contributed by atoms with Crippen LogP contribution in [0.25, 0.3) is 5.69 Å². The summed E-state index contributed by atoms with van der Waals surface area (Å²) in [5, 5.41) is 16.1. The van der Waals surface area contributed by atoms with E-state index in [1.54, 1.807) is 25.3 Å². The highest BCUT2D eigenvalue weighted by Gasteiger charge is 2.31. The average molecular weight is 331 g/mol. The van der Waals surface area contributed by atoms with Crippen molar-refractivity contribution >= 4 is 11.9 Å². The van der Waals surface area contributed by atoms with E-state index in [1.165, 1.54) is 16.8 Å². The summed E-state index contributed by atoms with van der Waals surface area (Å²) in [6.07, 6.45) is 3.31. The van der Waals surface area contributed by atoms with Crippen LogP contribution in [0.3, 0.4) is 0 Å². The Balaban J connectivity index is 1.69. The topological polar surface area (TPSA) is 84.2 Å². The Morgan fingerprint density at radius 1 is 1.33 bits per heavy atom. The number of aromatic nitrogens is 2. The standard InChI is InChI=1S/C17H18FN3O3/c1-10-8-12(18)3-5-15(10)21-7-6-14(20-21)16(22)19-13-4-2-11(9-13)17(23)24/h3,5-8,11,13H,2,4,9H2,1H3,(H,19,22)(H,23,24)/t11-,13+/m1/s1. The molecule has 1 aromatic heterocycles. The molecule has 3 rings (SSSR count). The fraction of sp³-hybridized carbons (Fsp3) is 0.353. The van der Waals surface area contributed by atoms with E-state index >= 15 is 0 Å². The van der Waals surface area contributed by atoms with Crippen molar-refractivity contribution in [1.82, 2.24) is 15.1 Å². The molecule has 0 aliphatic heterocycles. The summed E-state index contributed by atoms with van der Waals surface area (Å²) in [5.74, 6) is -1.86. The SMILES string of the molecule is Cc1cc(F)ccc1-n1ccc(C(=O)N[C@H]2CC[C@@H](C(=O)O)C2)n1. The number of hydrogen-bond donors (Lipinski definition) is 2. The number of nitrogens with one attached hydrogen (secondary N) is 1. The minimum Gasteiger partial charge on any atom is -0.481 e. The maximum atomic E-state index is 13.2. The van der Waals surface area contributed by atoms with Crippen LogP contribution in [-0.4, -0.2) is 32.8 Å². The number of benzene rings is 1. The highest BCUT2D eigenvalue weighted by atomic mass is 19.1. The van der Waals surface area contributed by atoms with E-state index in [1.807, 2.05) is 0 Å². The zero-order valence-corrected chi connectivity index (χ0v) is 13.2. The predicted octanol–water partition coefficient (Wildman–Crippen LogP) is 2.30. The first-order chi connectivity index (χ1) is 11.4. The lowest BCUT2D eigenvalue weighted by Gasteiger charge is -2.11. The molecule has 0 bridgehead atoms. The van der Waals surface area contributed by atoms with Gasteiger partial charge in [0.1, 0.15) is 5.82 Å². The van der Waals surface area contributed by atoms with E-state index in [0.29, 0.717) is 30.5 Å². The molecular formula is C17H18FN3O3. The number of aryl methyl sites for hydroxylation is 1. The molecule has 1 aliphatic carbocycles. The van der Waals surface area contributed by atoms with Gasteiger partial charge in [-0.25, -0.2) is 9.07 Å². The van der Waals surface area contributed by atoms with Crippen LogP contribution < -0.4 is 5.32 Å². The monoisotopic (exact) mass is 331 g/mol.